The Balaban J connectivity index is 1.97. The maximum atomic E-state index is 12.6. The molecule has 4 heteroatoms. The normalized spacial score (nSPS) is 28.1. The maximum absolute atomic E-state index is 12.6. The van der Waals surface area contributed by atoms with Crippen molar-refractivity contribution in [3.8, 4) is 0 Å². The predicted molar refractivity (Wildman–Crippen MR) is 80.4 cm³/mol. The van der Waals surface area contributed by atoms with Gasteiger partial charge in [-0.15, -0.1) is 0 Å². The van der Waals surface area contributed by atoms with E-state index in [2.05, 4.69) is 24.1 Å². The number of nitrogens with one attached hydrogen (secondary N) is 1. The van der Waals surface area contributed by atoms with Crippen LogP contribution in [0.3, 0.4) is 0 Å². The summed E-state index contributed by atoms with van der Waals surface area (Å²) >= 11 is 0. The van der Waals surface area contributed by atoms with Crippen molar-refractivity contribution < 1.29 is 9.53 Å². The fourth-order valence-electron chi connectivity index (χ4n) is 3.29. The van der Waals surface area contributed by atoms with E-state index < -0.39 is 0 Å². The van der Waals surface area contributed by atoms with Gasteiger partial charge < -0.3 is 9.64 Å². The van der Waals surface area contributed by atoms with Crippen molar-refractivity contribution in [3.05, 3.63) is 0 Å². The van der Waals surface area contributed by atoms with Gasteiger partial charge in [0.2, 0.25) is 5.91 Å². The topological polar surface area (TPSA) is 41.6 Å². The molecule has 1 heterocycles. The number of rotatable bonds is 9. The molecule has 20 heavy (non-hydrogen) atoms. The van der Waals surface area contributed by atoms with Crippen LogP contribution in [0.4, 0.5) is 0 Å². The van der Waals surface area contributed by atoms with Crippen molar-refractivity contribution in [2.75, 3.05) is 20.3 Å². The number of carbonyl (C=O) groups is 1. The molecule has 1 aliphatic heterocycles. The third-order valence-electron chi connectivity index (χ3n) is 4.79. The van der Waals surface area contributed by atoms with E-state index in [9.17, 15) is 4.79 Å². The highest BCUT2D eigenvalue weighted by molar-refractivity contribution is 5.84. The molecule has 0 bridgehead atoms. The van der Waals surface area contributed by atoms with Crippen LogP contribution in [-0.4, -0.2) is 43.3 Å². The molecule has 2 fully saturated rings. The Kier molecular flexibility index (Phi) is 5.44. The third kappa shape index (κ3) is 3.53. The summed E-state index contributed by atoms with van der Waals surface area (Å²) in [7, 11) is 1.76. The third-order valence-corrected chi connectivity index (χ3v) is 4.79. The molecule has 1 aliphatic carbocycles. The van der Waals surface area contributed by atoms with Gasteiger partial charge in [0, 0.05) is 20.3 Å². The SMILES string of the molecule is CCCC1NC(CCC)N(CC2(CCOC)CC2)C1=O. The minimum atomic E-state index is 0.0507. The van der Waals surface area contributed by atoms with Crippen molar-refractivity contribution in [3.63, 3.8) is 0 Å². The first kappa shape index (κ1) is 15.8. The van der Waals surface area contributed by atoms with Gasteiger partial charge in [-0.1, -0.05) is 26.7 Å². The fraction of sp³-hybridized carbons (Fsp3) is 0.938. The Labute approximate surface area is 123 Å². The van der Waals surface area contributed by atoms with Crippen molar-refractivity contribution in [2.45, 2.75) is 71.0 Å². The van der Waals surface area contributed by atoms with Crippen molar-refractivity contribution in [2.24, 2.45) is 5.41 Å². The molecule has 2 atom stereocenters. The Morgan fingerprint density at radius 3 is 2.55 bits per heavy atom. The number of nitrogens with zero attached hydrogens (tertiary/aromatic N) is 1. The minimum absolute atomic E-state index is 0.0507. The van der Waals surface area contributed by atoms with Gasteiger partial charge in [0.05, 0.1) is 12.2 Å². The van der Waals surface area contributed by atoms with Gasteiger partial charge in [0.25, 0.3) is 0 Å². The van der Waals surface area contributed by atoms with Crippen LogP contribution >= 0.6 is 0 Å². The molecule has 0 radical (unpaired) electrons. The lowest BCUT2D eigenvalue weighted by atomic mass is 10.0. The lowest BCUT2D eigenvalue weighted by Gasteiger charge is -2.28. The Morgan fingerprint density at radius 1 is 1.30 bits per heavy atom. The van der Waals surface area contributed by atoms with Gasteiger partial charge >= 0.3 is 0 Å². The van der Waals surface area contributed by atoms with Gasteiger partial charge in [-0.2, -0.15) is 0 Å². The zero-order valence-corrected chi connectivity index (χ0v) is 13.3. The molecule has 0 aromatic carbocycles. The molecule has 1 N–H and O–H groups in total. The molecule has 0 spiro atoms. The zero-order chi connectivity index (χ0) is 14.6. The van der Waals surface area contributed by atoms with E-state index in [1.54, 1.807) is 7.11 Å². The summed E-state index contributed by atoms with van der Waals surface area (Å²) in [5.41, 5.74) is 0.348. The highest BCUT2D eigenvalue weighted by Crippen LogP contribution is 2.50. The van der Waals surface area contributed by atoms with Gasteiger partial charge in [0.1, 0.15) is 0 Å². The standard InChI is InChI=1S/C16H30N2O2/c1-4-6-13-15(19)18(14(17-13)7-5-2)12-16(8-9-16)10-11-20-3/h13-14,17H,4-12H2,1-3H3. The van der Waals surface area contributed by atoms with Gasteiger partial charge in [-0.3, -0.25) is 10.1 Å². The number of carbonyl (C=O) groups excluding carboxylic acids is 1. The summed E-state index contributed by atoms with van der Waals surface area (Å²) in [6.07, 6.45) is 8.03. The first-order chi connectivity index (χ1) is 9.65. The molecular weight excluding hydrogens is 252 g/mol. The Morgan fingerprint density at radius 2 is 2.00 bits per heavy atom. The Bertz CT molecular complexity index is 328. The summed E-state index contributed by atoms with van der Waals surface area (Å²) in [6, 6.07) is 0.0507. The summed E-state index contributed by atoms with van der Waals surface area (Å²) in [5.74, 6) is 0.328. The largest absolute Gasteiger partial charge is 0.385 e. The molecule has 1 saturated heterocycles. The molecule has 2 unspecified atom stereocenters. The molecule has 1 saturated carbocycles. The summed E-state index contributed by atoms with van der Waals surface area (Å²) < 4.78 is 5.22. The van der Waals surface area contributed by atoms with Crippen LogP contribution in [0.1, 0.15) is 58.8 Å². The van der Waals surface area contributed by atoms with E-state index in [1.807, 2.05) is 0 Å². The van der Waals surface area contributed by atoms with Gasteiger partial charge in [-0.25, -0.2) is 0 Å². The van der Waals surface area contributed by atoms with Crippen LogP contribution in [0.25, 0.3) is 0 Å². The van der Waals surface area contributed by atoms with Crippen LogP contribution in [0.5, 0.6) is 0 Å². The molecule has 2 rings (SSSR count). The van der Waals surface area contributed by atoms with Crippen molar-refractivity contribution >= 4 is 5.91 Å². The van der Waals surface area contributed by atoms with E-state index in [1.165, 1.54) is 12.8 Å². The minimum Gasteiger partial charge on any atom is -0.385 e. The predicted octanol–water partition coefficient (Wildman–Crippen LogP) is 2.53. The molecule has 1 amide bonds. The lowest BCUT2D eigenvalue weighted by Crippen LogP contribution is -2.41. The molecular formula is C16H30N2O2. The second kappa shape index (κ2) is 6.90. The van der Waals surface area contributed by atoms with Gasteiger partial charge in [0.15, 0.2) is 0 Å². The highest BCUT2D eigenvalue weighted by Gasteiger charge is 2.48. The Hall–Kier alpha value is -0.610. The molecule has 2 aliphatic rings. The summed E-state index contributed by atoms with van der Waals surface area (Å²) in [6.45, 7) is 6.07. The van der Waals surface area contributed by atoms with E-state index in [4.69, 9.17) is 4.74 Å². The van der Waals surface area contributed by atoms with E-state index >= 15 is 0 Å². The van der Waals surface area contributed by atoms with Crippen molar-refractivity contribution in [1.29, 1.82) is 0 Å². The number of methoxy groups -OCH3 is 1. The average Bonchev–Trinajstić information content (AvgIpc) is 3.15. The maximum Gasteiger partial charge on any atom is 0.241 e. The number of ether oxygens (including phenoxy) is 1. The lowest BCUT2D eigenvalue weighted by molar-refractivity contribution is -0.131. The quantitative estimate of drug-likeness (QED) is 0.706. The zero-order valence-electron chi connectivity index (χ0n) is 13.3. The number of hydrogen-bond acceptors (Lipinski definition) is 3. The van der Waals surface area contributed by atoms with Crippen LogP contribution < -0.4 is 5.32 Å². The first-order valence-corrected chi connectivity index (χ1v) is 8.21. The van der Waals surface area contributed by atoms with E-state index in [0.717, 1.165) is 45.3 Å². The smallest absolute Gasteiger partial charge is 0.241 e. The molecule has 0 aromatic heterocycles. The highest BCUT2D eigenvalue weighted by atomic mass is 16.5. The molecule has 4 nitrogen and oxygen atoms in total. The average molecular weight is 282 g/mol. The van der Waals surface area contributed by atoms with Crippen LogP contribution in [0, 0.1) is 5.41 Å². The molecule has 116 valence electrons. The van der Waals surface area contributed by atoms with Gasteiger partial charge in [-0.05, 0) is 37.5 Å². The number of amides is 1. The summed E-state index contributed by atoms with van der Waals surface area (Å²) in [5, 5.41) is 3.54. The van der Waals surface area contributed by atoms with E-state index in [0.29, 0.717) is 11.3 Å². The van der Waals surface area contributed by atoms with E-state index in [-0.39, 0.29) is 12.2 Å². The monoisotopic (exact) mass is 282 g/mol. The summed E-state index contributed by atoms with van der Waals surface area (Å²) in [4.78, 5) is 14.7. The number of hydrogen-bond donors (Lipinski definition) is 1. The molecule has 0 aromatic rings. The first-order valence-electron chi connectivity index (χ1n) is 8.21. The second-order valence-electron chi connectivity index (χ2n) is 6.52. The van der Waals surface area contributed by atoms with Crippen LogP contribution in [0.15, 0.2) is 0 Å². The second-order valence-corrected chi connectivity index (χ2v) is 6.52. The van der Waals surface area contributed by atoms with Crippen LogP contribution in [-0.2, 0) is 9.53 Å². The van der Waals surface area contributed by atoms with Crippen LogP contribution in [0.2, 0.25) is 0 Å². The van der Waals surface area contributed by atoms with Crippen molar-refractivity contribution in [1.82, 2.24) is 10.2 Å². The fourth-order valence-corrected chi connectivity index (χ4v) is 3.29.